The van der Waals surface area contributed by atoms with Gasteiger partial charge in [0.2, 0.25) is 0 Å². The second-order valence-electron chi connectivity index (χ2n) is 5.46. The summed E-state index contributed by atoms with van der Waals surface area (Å²) >= 11 is 3.91. The number of carbonyl (C=O) groups excluding carboxylic acids is 1. The highest BCUT2D eigenvalue weighted by atomic mass is 32.2. The number of carboxylic acids is 1. The zero-order valence-electron chi connectivity index (χ0n) is 12.6. The first-order valence-corrected chi connectivity index (χ1v) is 9.49. The summed E-state index contributed by atoms with van der Waals surface area (Å²) in [6.07, 6.45) is 1.33. The van der Waals surface area contributed by atoms with E-state index in [9.17, 15) is 9.59 Å². The van der Waals surface area contributed by atoms with Gasteiger partial charge >= 0.3 is 5.97 Å². The zero-order valence-corrected chi connectivity index (χ0v) is 14.2. The molecular weight excluding hydrogens is 318 g/mol. The Hall–Kier alpha value is -1.14. The maximum atomic E-state index is 12.1. The number of hydrogen-bond donors (Lipinski definition) is 2. The van der Waals surface area contributed by atoms with Crippen LogP contribution in [0.3, 0.4) is 0 Å². The van der Waals surface area contributed by atoms with Crippen molar-refractivity contribution in [3.8, 4) is 0 Å². The maximum absolute atomic E-state index is 12.1. The highest BCUT2D eigenvalue weighted by molar-refractivity contribution is 8.16. The van der Waals surface area contributed by atoms with Crippen LogP contribution < -0.4 is 5.32 Å². The minimum atomic E-state index is -0.839. The summed E-state index contributed by atoms with van der Waals surface area (Å²) in [5, 5.41) is 11.5. The molecule has 2 rings (SSSR count). The van der Waals surface area contributed by atoms with Gasteiger partial charge < -0.3 is 10.4 Å². The minimum absolute atomic E-state index is 0.0648. The summed E-state index contributed by atoms with van der Waals surface area (Å²) in [6.45, 7) is 2.19. The van der Waals surface area contributed by atoms with Crippen molar-refractivity contribution in [1.82, 2.24) is 5.32 Å². The third-order valence-electron chi connectivity index (χ3n) is 3.41. The largest absolute Gasteiger partial charge is 0.481 e. The molecule has 22 heavy (non-hydrogen) atoms. The molecule has 1 aliphatic rings. The molecule has 1 aliphatic heterocycles. The van der Waals surface area contributed by atoms with Crippen LogP contribution in [0.1, 0.15) is 40.3 Å². The Morgan fingerprint density at radius 2 is 1.91 bits per heavy atom. The van der Waals surface area contributed by atoms with Crippen molar-refractivity contribution >= 4 is 35.4 Å². The van der Waals surface area contributed by atoms with Gasteiger partial charge in [-0.25, -0.2) is 0 Å². The number of nitrogens with one attached hydrogen (secondary N) is 1. The number of rotatable bonds is 6. The highest BCUT2D eigenvalue weighted by Crippen LogP contribution is 2.43. The number of carbonyl (C=O) groups is 2. The molecule has 1 aromatic rings. The van der Waals surface area contributed by atoms with E-state index in [-0.39, 0.29) is 18.2 Å². The van der Waals surface area contributed by atoms with Crippen molar-refractivity contribution in [2.75, 3.05) is 18.1 Å². The van der Waals surface area contributed by atoms with E-state index in [1.54, 1.807) is 0 Å². The number of aliphatic carboxylic acids is 1. The summed E-state index contributed by atoms with van der Waals surface area (Å²) in [6, 6.07) is 7.74. The van der Waals surface area contributed by atoms with E-state index in [0.29, 0.717) is 16.7 Å². The van der Waals surface area contributed by atoms with E-state index < -0.39 is 5.97 Å². The molecule has 1 atom stereocenters. The first-order valence-electron chi connectivity index (χ1n) is 7.39. The monoisotopic (exact) mass is 339 g/mol. The van der Waals surface area contributed by atoms with Gasteiger partial charge in [0.1, 0.15) is 0 Å². The van der Waals surface area contributed by atoms with Crippen LogP contribution in [-0.2, 0) is 4.79 Å². The predicted molar refractivity (Wildman–Crippen MR) is 92.5 cm³/mol. The van der Waals surface area contributed by atoms with Crippen LogP contribution in [0, 0.1) is 5.92 Å². The normalized spacial score (nSPS) is 17.0. The SMILES string of the molecule is CC(CNC(=O)c1ccc(C2SCCCS2)cc1)CC(=O)O. The molecule has 120 valence electrons. The second-order valence-corrected chi connectivity index (χ2v) is 8.19. The number of thioether (sulfide) groups is 2. The predicted octanol–water partition coefficient (Wildman–Crippen LogP) is 3.40. The Bertz CT molecular complexity index is 513. The Balaban J connectivity index is 1.86. The van der Waals surface area contributed by atoms with Crippen LogP contribution in [0.5, 0.6) is 0 Å². The lowest BCUT2D eigenvalue weighted by Gasteiger charge is -2.21. The third-order valence-corrected chi connectivity index (χ3v) is 6.42. The minimum Gasteiger partial charge on any atom is -0.481 e. The van der Waals surface area contributed by atoms with Crippen molar-refractivity contribution in [3.63, 3.8) is 0 Å². The molecule has 0 spiro atoms. The number of amides is 1. The molecular formula is C16H21NO3S2. The van der Waals surface area contributed by atoms with Crippen molar-refractivity contribution in [3.05, 3.63) is 35.4 Å². The van der Waals surface area contributed by atoms with Gasteiger partial charge in [-0.15, -0.1) is 23.5 Å². The van der Waals surface area contributed by atoms with E-state index in [1.807, 2.05) is 54.7 Å². The Kier molecular flexibility index (Phi) is 6.64. The fourth-order valence-corrected chi connectivity index (χ4v) is 5.11. The molecule has 1 aromatic carbocycles. The smallest absolute Gasteiger partial charge is 0.303 e. The highest BCUT2D eigenvalue weighted by Gasteiger charge is 2.17. The number of carboxylic acid groups (broad SMARTS) is 1. The van der Waals surface area contributed by atoms with Gasteiger partial charge in [-0.1, -0.05) is 19.1 Å². The van der Waals surface area contributed by atoms with E-state index in [4.69, 9.17) is 5.11 Å². The summed E-state index contributed by atoms with van der Waals surface area (Å²) in [5.74, 6) is 1.33. The molecule has 4 nitrogen and oxygen atoms in total. The summed E-state index contributed by atoms with van der Waals surface area (Å²) in [5.41, 5.74) is 1.88. The summed E-state index contributed by atoms with van der Waals surface area (Å²) in [7, 11) is 0. The van der Waals surface area contributed by atoms with Crippen LogP contribution in [0.25, 0.3) is 0 Å². The molecule has 1 saturated heterocycles. The third kappa shape index (κ3) is 5.25. The quantitative estimate of drug-likeness (QED) is 0.831. The second kappa shape index (κ2) is 8.48. The van der Waals surface area contributed by atoms with E-state index in [0.717, 1.165) is 0 Å². The molecule has 0 bridgehead atoms. The van der Waals surface area contributed by atoms with Gasteiger partial charge in [0, 0.05) is 18.5 Å². The average Bonchev–Trinajstić information content (AvgIpc) is 2.53. The van der Waals surface area contributed by atoms with Gasteiger partial charge in [-0.3, -0.25) is 9.59 Å². The zero-order chi connectivity index (χ0) is 15.9. The lowest BCUT2D eigenvalue weighted by Crippen LogP contribution is -2.29. The molecule has 6 heteroatoms. The van der Waals surface area contributed by atoms with Crippen LogP contribution in [-0.4, -0.2) is 35.0 Å². The first-order chi connectivity index (χ1) is 10.6. The Morgan fingerprint density at radius 3 is 2.50 bits per heavy atom. The fourth-order valence-electron chi connectivity index (χ4n) is 2.21. The lowest BCUT2D eigenvalue weighted by atomic mass is 10.1. The van der Waals surface area contributed by atoms with Gasteiger partial charge in [-0.2, -0.15) is 0 Å². The van der Waals surface area contributed by atoms with Crippen LogP contribution in [0.2, 0.25) is 0 Å². The van der Waals surface area contributed by atoms with E-state index in [1.165, 1.54) is 23.5 Å². The van der Waals surface area contributed by atoms with Crippen molar-refractivity contribution in [1.29, 1.82) is 0 Å². The molecule has 0 aromatic heterocycles. The average molecular weight is 339 g/mol. The molecule has 2 N–H and O–H groups in total. The Labute approximate surface area is 139 Å². The summed E-state index contributed by atoms with van der Waals surface area (Å²) < 4.78 is 0.474. The van der Waals surface area contributed by atoms with Crippen LogP contribution in [0.4, 0.5) is 0 Å². The molecule has 1 heterocycles. The molecule has 0 radical (unpaired) electrons. The summed E-state index contributed by atoms with van der Waals surface area (Å²) in [4.78, 5) is 22.6. The van der Waals surface area contributed by atoms with E-state index >= 15 is 0 Å². The molecule has 1 unspecified atom stereocenters. The molecule has 1 amide bonds. The Morgan fingerprint density at radius 1 is 1.27 bits per heavy atom. The van der Waals surface area contributed by atoms with Crippen molar-refractivity contribution < 1.29 is 14.7 Å². The van der Waals surface area contributed by atoms with Crippen LogP contribution in [0.15, 0.2) is 24.3 Å². The standard InChI is InChI=1S/C16H21NO3S2/c1-11(9-14(18)19)10-17-15(20)12-3-5-13(6-4-12)16-21-7-2-8-22-16/h3-6,11,16H,2,7-10H2,1H3,(H,17,20)(H,18,19). The van der Waals surface area contributed by atoms with Gasteiger partial charge in [0.25, 0.3) is 5.91 Å². The number of hydrogen-bond acceptors (Lipinski definition) is 4. The fraction of sp³-hybridized carbons (Fsp3) is 0.500. The topological polar surface area (TPSA) is 66.4 Å². The molecule has 0 saturated carbocycles. The first kappa shape index (κ1) is 17.2. The maximum Gasteiger partial charge on any atom is 0.303 e. The van der Waals surface area contributed by atoms with E-state index in [2.05, 4.69) is 5.32 Å². The van der Waals surface area contributed by atoms with Crippen molar-refractivity contribution in [2.24, 2.45) is 5.92 Å². The molecule has 0 aliphatic carbocycles. The molecule has 1 fully saturated rings. The van der Waals surface area contributed by atoms with Crippen LogP contribution >= 0.6 is 23.5 Å². The van der Waals surface area contributed by atoms with Crippen molar-refractivity contribution in [2.45, 2.75) is 24.3 Å². The van der Waals surface area contributed by atoms with Gasteiger partial charge in [0.05, 0.1) is 4.58 Å². The lowest BCUT2D eigenvalue weighted by molar-refractivity contribution is -0.137. The van der Waals surface area contributed by atoms with Gasteiger partial charge in [0.15, 0.2) is 0 Å². The van der Waals surface area contributed by atoms with Gasteiger partial charge in [-0.05, 0) is 41.5 Å². The number of benzene rings is 1.